The van der Waals surface area contributed by atoms with E-state index in [9.17, 15) is 9.59 Å². The van der Waals surface area contributed by atoms with Gasteiger partial charge in [-0.05, 0) is 36.9 Å². The van der Waals surface area contributed by atoms with Crippen LogP contribution in [0.3, 0.4) is 0 Å². The highest BCUT2D eigenvalue weighted by Crippen LogP contribution is 2.21. The first-order valence-corrected chi connectivity index (χ1v) is 7.85. The second-order valence-corrected chi connectivity index (χ2v) is 6.14. The van der Waals surface area contributed by atoms with Gasteiger partial charge in [0.25, 0.3) is 11.5 Å². The molecule has 6 heteroatoms. The molecule has 0 fully saturated rings. The number of amides is 1. The van der Waals surface area contributed by atoms with E-state index in [0.717, 1.165) is 10.6 Å². The van der Waals surface area contributed by atoms with E-state index in [1.165, 1.54) is 4.57 Å². The number of nitrogens with zero attached hydrogens (tertiary/aromatic N) is 1. The largest absolute Gasteiger partial charge is 0.374 e. The minimum atomic E-state index is -0.364. The van der Waals surface area contributed by atoms with Crippen molar-refractivity contribution in [2.24, 2.45) is 7.05 Å². The number of hydrogen-bond acceptors (Lipinski definition) is 4. The molecule has 118 valence electrons. The first-order chi connectivity index (χ1) is 10.5. The van der Waals surface area contributed by atoms with Crippen LogP contribution >= 0.6 is 11.3 Å². The van der Waals surface area contributed by atoms with E-state index in [4.69, 9.17) is 4.74 Å². The molecule has 1 amide bonds. The quantitative estimate of drug-likeness (QED) is 0.918. The second kappa shape index (κ2) is 6.89. The Balaban J connectivity index is 2.17. The van der Waals surface area contributed by atoms with Gasteiger partial charge in [-0.3, -0.25) is 9.59 Å². The average molecular weight is 320 g/mol. The number of thiophene rings is 1. The Labute approximate surface area is 133 Å². The molecule has 0 saturated heterocycles. The number of carbonyl (C=O) groups excluding carboxylic acids is 1. The summed E-state index contributed by atoms with van der Waals surface area (Å²) in [6.45, 7) is 3.94. The molecule has 2 aromatic rings. The van der Waals surface area contributed by atoms with Crippen molar-refractivity contribution in [3.63, 3.8) is 0 Å². The topological polar surface area (TPSA) is 60.3 Å². The number of hydrogen-bond donors (Lipinski definition) is 1. The number of aryl methyl sites for hydroxylation is 2. The maximum absolute atomic E-state index is 12.4. The van der Waals surface area contributed by atoms with Crippen molar-refractivity contribution in [2.75, 3.05) is 13.7 Å². The fourth-order valence-corrected chi connectivity index (χ4v) is 3.11. The molecule has 0 aliphatic carbocycles. The van der Waals surface area contributed by atoms with Crippen LogP contribution in [0.2, 0.25) is 0 Å². The molecule has 0 aliphatic heterocycles. The number of pyridine rings is 1. The van der Waals surface area contributed by atoms with E-state index < -0.39 is 0 Å². The lowest BCUT2D eigenvalue weighted by atomic mass is 10.1. The zero-order chi connectivity index (χ0) is 16.3. The Morgan fingerprint density at radius 3 is 2.77 bits per heavy atom. The van der Waals surface area contributed by atoms with Gasteiger partial charge in [0.05, 0.1) is 0 Å². The molecule has 0 spiro atoms. The predicted octanol–water partition coefficient (Wildman–Crippen LogP) is 2.18. The van der Waals surface area contributed by atoms with Crippen molar-refractivity contribution in [3.8, 4) is 0 Å². The van der Waals surface area contributed by atoms with Crippen LogP contribution in [0, 0.1) is 13.8 Å². The van der Waals surface area contributed by atoms with Gasteiger partial charge in [-0.15, -0.1) is 11.3 Å². The fraction of sp³-hybridized carbons (Fsp3) is 0.375. The van der Waals surface area contributed by atoms with E-state index in [1.807, 2.05) is 30.5 Å². The van der Waals surface area contributed by atoms with Crippen molar-refractivity contribution < 1.29 is 9.53 Å². The standard InChI is InChI=1S/C16H20N2O3S/c1-10-8-11(2)18(3)16(20)14(10)15(19)17-9-12(21-4)13-6-5-7-22-13/h5-8,12H,9H2,1-4H3,(H,17,19)/t12-/m1/s1. The zero-order valence-corrected chi connectivity index (χ0v) is 14.0. The van der Waals surface area contributed by atoms with Crippen LogP contribution in [-0.2, 0) is 11.8 Å². The average Bonchev–Trinajstić information content (AvgIpc) is 3.00. The molecule has 0 unspecified atom stereocenters. The summed E-state index contributed by atoms with van der Waals surface area (Å²) in [6, 6.07) is 5.73. The van der Waals surface area contributed by atoms with Gasteiger partial charge >= 0.3 is 0 Å². The molecule has 22 heavy (non-hydrogen) atoms. The minimum Gasteiger partial charge on any atom is -0.374 e. The van der Waals surface area contributed by atoms with Crippen LogP contribution in [0.1, 0.15) is 32.6 Å². The summed E-state index contributed by atoms with van der Waals surface area (Å²) >= 11 is 1.57. The highest BCUT2D eigenvalue weighted by Gasteiger charge is 2.18. The van der Waals surface area contributed by atoms with Crippen LogP contribution in [0.4, 0.5) is 0 Å². The molecule has 0 aromatic carbocycles. The first kappa shape index (κ1) is 16.5. The van der Waals surface area contributed by atoms with Crippen molar-refractivity contribution in [3.05, 3.63) is 55.6 Å². The molecular weight excluding hydrogens is 300 g/mol. The van der Waals surface area contributed by atoms with E-state index >= 15 is 0 Å². The first-order valence-electron chi connectivity index (χ1n) is 6.97. The number of methoxy groups -OCH3 is 1. The van der Waals surface area contributed by atoms with E-state index in [1.54, 1.807) is 32.4 Å². The summed E-state index contributed by atoms with van der Waals surface area (Å²) in [5.41, 5.74) is 1.42. The van der Waals surface area contributed by atoms with Gasteiger partial charge in [0.1, 0.15) is 11.7 Å². The van der Waals surface area contributed by atoms with Crippen molar-refractivity contribution in [2.45, 2.75) is 20.0 Å². The van der Waals surface area contributed by atoms with Crippen LogP contribution in [0.5, 0.6) is 0 Å². The third kappa shape index (κ3) is 3.28. The Morgan fingerprint density at radius 1 is 1.45 bits per heavy atom. The third-order valence-electron chi connectivity index (χ3n) is 3.69. The van der Waals surface area contributed by atoms with Crippen molar-refractivity contribution >= 4 is 17.2 Å². The molecule has 1 atom stereocenters. The molecule has 2 aromatic heterocycles. The second-order valence-electron chi connectivity index (χ2n) is 5.16. The Morgan fingerprint density at radius 2 is 2.18 bits per heavy atom. The monoisotopic (exact) mass is 320 g/mol. The molecule has 0 saturated carbocycles. The number of rotatable bonds is 5. The van der Waals surface area contributed by atoms with Crippen molar-refractivity contribution in [1.29, 1.82) is 0 Å². The summed E-state index contributed by atoms with van der Waals surface area (Å²) in [5.74, 6) is -0.364. The van der Waals surface area contributed by atoms with Crippen LogP contribution in [0.25, 0.3) is 0 Å². The van der Waals surface area contributed by atoms with Gasteiger partial charge in [0.15, 0.2) is 0 Å². The Kier molecular flexibility index (Phi) is 5.15. The smallest absolute Gasteiger partial charge is 0.263 e. The molecular formula is C16H20N2O3S. The molecule has 1 N–H and O–H groups in total. The molecule has 0 aliphatic rings. The highest BCUT2D eigenvalue weighted by atomic mass is 32.1. The minimum absolute atomic E-state index is 0.189. The molecule has 2 heterocycles. The third-order valence-corrected chi connectivity index (χ3v) is 4.65. The lowest BCUT2D eigenvalue weighted by Gasteiger charge is -2.16. The van der Waals surface area contributed by atoms with Gasteiger partial charge in [0.2, 0.25) is 0 Å². The predicted molar refractivity (Wildman–Crippen MR) is 87.6 cm³/mol. The number of carbonyl (C=O) groups is 1. The van der Waals surface area contributed by atoms with Gasteiger partial charge in [0, 0.05) is 31.3 Å². The normalized spacial score (nSPS) is 12.2. The lowest BCUT2D eigenvalue weighted by molar-refractivity contribution is 0.0835. The summed E-state index contributed by atoms with van der Waals surface area (Å²) < 4.78 is 6.88. The van der Waals surface area contributed by atoms with Crippen molar-refractivity contribution in [1.82, 2.24) is 9.88 Å². The molecule has 2 rings (SSSR count). The summed E-state index contributed by atoms with van der Waals surface area (Å²) in [4.78, 5) is 25.7. The Hall–Kier alpha value is -1.92. The van der Waals surface area contributed by atoms with Gasteiger partial charge in [-0.1, -0.05) is 6.07 Å². The summed E-state index contributed by atoms with van der Waals surface area (Å²) in [5, 5.41) is 4.76. The lowest BCUT2D eigenvalue weighted by Crippen LogP contribution is -2.36. The summed E-state index contributed by atoms with van der Waals surface area (Å²) in [7, 11) is 3.27. The van der Waals surface area contributed by atoms with Gasteiger partial charge in [-0.25, -0.2) is 0 Å². The van der Waals surface area contributed by atoms with E-state index in [-0.39, 0.29) is 23.1 Å². The van der Waals surface area contributed by atoms with Crippen LogP contribution in [0.15, 0.2) is 28.4 Å². The van der Waals surface area contributed by atoms with Gasteiger partial charge in [-0.2, -0.15) is 0 Å². The number of ether oxygens (including phenoxy) is 1. The van der Waals surface area contributed by atoms with E-state index in [2.05, 4.69) is 5.32 Å². The zero-order valence-electron chi connectivity index (χ0n) is 13.2. The van der Waals surface area contributed by atoms with Crippen LogP contribution < -0.4 is 10.9 Å². The molecule has 0 radical (unpaired) electrons. The molecule has 5 nitrogen and oxygen atoms in total. The number of nitrogens with one attached hydrogen (secondary N) is 1. The van der Waals surface area contributed by atoms with Gasteiger partial charge < -0.3 is 14.6 Å². The highest BCUT2D eigenvalue weighted by molar-refractivity contribution is 7.10. The van der Waals surface area contributed by atoms with E-state index in [0.29, 0.717) is 12.1 Å². The molecule has 0 bridgehead atoms. The number of aromatic nitrogens is 1. The van der Waals surface area contributed by atoms with Crippen LogP contribution in [-0.4, -0.2) is 24.1 Å². The maximum Gasteiger partial charge on any atom is 0.263 e. The Bertz CT molecular complexity index is 720. The fourth-order valence-electron chi connectivity index (χ4n) is 2.30. The maximum atomic E-state index is 12.4. The SMILES string of the molecule is CO[C@H](CNC(=O)c1c(C)cc(C)n(C)c1=O)c1cccs1. The summed E-state index contributed by atoms with van der Waals surface area (Å²) in [6.07, 6.45) is -0.210.